The molecule has 2 aromatic carbocycles. The van der Waals surface area contributed by atoms with Gasteiger partial charge in [-0.3, -0.25) is 4.79 Å². The number of hydrogen-bond acceptors (Lipinski definition) is 5. The molecule has 0 saturated carbocycles. The smallest absolute Gasteiger partial charge is 0.247 e. The molecule has 1 saturated heterocycles. The summed E-state index contributed by atoms with van der Waals surface area (Å²) in [6.07, 6.45) is 3.18. The largest absolute Gasteiger partial charge is 0.379 e. The molecule has 0 bridgehead atoms. The predicted molar refractivity (Wildman–Crippen MR) is 122 cm³/mol. The molecule has 3 rings (SSSR count). The first-order chi connectivity index (χ1) is 15.4. The molecule has 168 valence electrons. The van der Waals surface area contributed by atoms with E-state index in [0.29, 0.717) is 38.4 Å². The molecule has 1 heterocycles. The van der Waals surface area contributed by atoms with Crippen molar-refractivity contribution >= 4 is 22.0 Å². The fourth-order valence-corrected chi connectivity index (χ4v) is 4.99. The van der Waals surface area contributed by atoms with Crippen LogP contribution in [-0.2, 0) is 19.6 Å². The molecule has 0 spiro atoms. The van der Waals surface area contributed by atoms with Gasteiger partial charge in [0.05, 0.1) is 35.8 Å². The van der Waals surface area contributed by atoms with Gasteiger partial charge in [0.15, 0.2) is 0 Å². The third-order valence-electron chi connectivity index (χ3n) is 5.52. The Balaban J connectivity index is 1.68. The number of benzene rings is 2. The number of morpholine rings is 1. The van der Waals surface area contributed by atoms with Crippen LogP contribution in [0.5, 0.6) is 0 Å². The molecule has 32 heavy (non-hydrogen) atoms. The molecule has 2 aromatic rings. The number of nitrogens with zero attached hydrogens (tertiary/aromatic N) is 3. The predicted octanol–water partition coefficient (Wildman–Crippen LogP) is 3.20. The maximum atomic E-state index is 12.8. The van der Waals surface area contributed by atoms with Gasteiger partial charge in [-0.15, -0.1) is 0 Å². The third-order valence-corrected chi connectivity index (χ3v) is 7.43. The van der Waals surface area contributed by atoms with Gasteiger partial charge in [-0.25, -0.2) is 8.42 Å². The summed E-state index contributed by atoms with van der Waals surface area (Å²) in [5, 5.41) is 8.95. The molecule has 0 N–H and O–H groups in total. The molecule has 1 aliphatic heterocycles. The van der Waals surface area contributed by atoms with Gasteiger partial charge >= 0.3 is 0 Å². The summed E-state index contributed by atoms with van der Waals surface area (Å²) in [6, 6.07) is 15.7. The molecule has 1 atom stereocenters. The number of carbonyl (C=O) groups is 1. The zero-order valence-electron chi connectivity index (χ0n) is 18.3. The first kappa shape index (κ1) is 23.7. The normalized spacial score (nSPS) is 15.9. The highest BCUT2D eigenvalue weighted by Gasteiger charge is 2.26. The first-order valence-electron chi connectivity index (χ1n) is 10.5. The minimum atomic E-state index is -3.54. The Morgan fingerprint density at radius 1 is 1.16 bits per heavy atom. The van der Waals surface area contributed by atoms with E-state index in [4.69, 9.17) is 10.00 Å². The number of hydrogen-bond donors (Lipinski definition) is 0. The molecular formula is C24H27N3O4S. The quantitative estimate of drug-likeness (QED) is 0.601. The van der Waals surface area contributed by atoms with Gasteiger partial charge in [-0.2, -0.15) is 9.57 Å². The van der Waals surface area contributed by atoms with Crippen LogP contribution in [0.4, 0.5) is 0 Å². The van der Waals surface area contributed by atoms with Crippen LogP contribution in [0.15, 0.2) is 59.5 Å². The highest BCUT2D eigenvalue weighted by molar-refractivity contribution is 7.89. The van der Waals surface area contributed by atoms with Crippen LogP contribution < -0.4 is 0 Å². The standard InChI is InChI=1S/C24H27N3O4S/c1-3-27(19(2)22-9-4-21(18-25)5-10-22)24(28)13-8-20-6-11-23(12-7-20)32(29,30)26-14-16-31-17-15-26/h4-13,19H,3,14-17H2,1-2H3/b13-8+. The topological polar surface area (TPSA) is 90.7 Å². The van der Waals surface area contributed by atoms with Crippen LogP contribution in [0, 0.1) is 11.3 Å². The SMILES string of the molecule is CCN(C(=O)/C=C/c1ccc(S(=O)(=O)N2CCOCC2)cc1)C(C)c1ccc(C#N)cc1. The lowest BCUT2D eigenvalue weighted by atomic mass is 10.0. The molecule has 1 amide bonds. The molecule has 1 unspecified atom stereocenters. The van der Waals surface area contributed by atoms with Crippen LogP contribution in [-0.4, -0.2) is 56.4 Å². The number of carbonyl (C=O) groups excluding carboxylic acids is 1. The van der Waals surface area contributed by atoms with Gasteiger partial charge in [-0.05, 0) is 55.3 Å². The molecule has 7 nitrogen and oxygen atoms in total. The number of sulfonamides is 1. The molecule has 0 aromatic heterocycles. The minimum absolute atomic E-state index is 0.144. The average molecular weight is 454 g/mol. The summed E-state index contributed by atoms with van der Waals surface area (Å²) in [6.45, 7) is 5.89. The molecule has 0 radical (unpaired) electrons. The second-order valence-corrected chi connectivity index (χ2v) is 9.39. The van der Waals surface area contributed by atoms with Crippen molar-refractivity contribution in [3.63, 3.8) is 0 Å². The van der Waals surface area contributed by atoms with Crippen LogP contribution in [0.1, 0.15) is 36.6 Å². The number of nitriles is 1. The monoisotopic (exact) mass is 453 g/mol. The third kappa shape index (κ3) is 5.43. The van der Waals surface area contributed by atoms with Gasteiger partial charge in [0.25, 0.3) is 0 Å². The Hall–Kier alpha value is -2.99. The summed E-state index contributed by atoms with van der Waals surface area (Å²) in [4.78, 5) is 14.8. The number of amides is 1. The van der Waals surface area contributed by atoms with Gasteiger partial charge in [-0.1, -0.05) is 24.3 Å². The van der Waals surface area contributed by atoms with Crippen LogP contribution in [0.2, 0.25) is 0 Å². The summed E-state index contributed by atoms with van der Waals surface area (Å²) in [7, 11) is -3.54. The van der Waals surface area contributed by atoms with Crippen molar-refractivity contribution in [1.29, 1.82) is 5.26 Å². The van der Waals surface area contributed by atoms with Crippen molar-refractivity contribution in [3.05, 3.63) is 71.3 Å². The van der Waals surface area contributed by atoms with Gasteiger partial charge < -0.3 is 9.64 Å². The van der Waals surface area contributed by atoms with E-state index in [2.05, 4.69) is 6.07 Å². The van der Waals surface area contributed by atoms with Crippen LogP contribution in [0.3, 0.4) is 0 Å². The second kappa shape index (κ2) is 10.6. The van der Waals surface area contributed by atoms with E-state index in [1.807, 2.05) is 26.0 Å². The van der Waals surface area contributed by atoms with Crippen molar-refractivity contribution in [3.8, 4) is 6.07 Å². The van der Waals surface area contributed by atoms with E-state index in [0.717, 1.165) is 11.1 Å². The van der Waals surface area contributed by atoms with E-state index < -0.39 is 10.0 Å². The zero-order chi connectivity index (χ0) is 23.1. The maximum absolute atomic E-state index is 12.8. The number of likely N-dealkylation sites (N-methyl/N-ethyl adjacent to an activating group) is 1. The number of ether oxygens (including phenoxy) is 1. The Morgan fingerprint density at radius 2 is 1.78 bits per heavy atom. The lowest BCUT2D eigenvalue weighted by Crippen LogP contribution is -2.40. The summed E-state index contributed by atoms with van der Waals surface area (Å²) in [5.41, 5.74) is 2.26. The van der Waals surface area contributed by atoms with Crippen molar-refractivity contribution in [2.24, 2.45) is 0 Å². The Kier molecular flexibility index (Phi) is 7.80. The van der Waals surface area contributed by atoms with E-state index in [1.165, 1.54) is 10.4 Å². The minimum Gasteiger partial charge on any atom is -0.379 e. The van der Waals surface area contributed by atoms with E-state index in [9.17, 15) is 13.2 Å². The molecule has 8 heteroatoms. The lowest BCUT2D eigenvalue weighted by molar-refractivity contribution is -0.127. The van der Waals surface area contributed by atoms with Gasteiger partial charge in [0, 0.05) is 25.7 Å². The zero-order valence-corrected chi connectivity index (χ0v) is 19.1. The Morgan fingerprint density at radius 3 is 2.34 bits per heavy atom. The van der Waals surface area contributed by atoms with Crippen LogP contribution >= 0.6 is 0 Å². The molecule has 1 aliphatic rings. The summed E-state index contributed by atoms with van der Waals surface area (Å²) >= 11 is 0. The lowest BCUT2D eigenvalue weighted by Gasteiger charge is -2.27. The van der Waals surface area contributed by atoms with E-state index in [1.54, 1.807) is 47.4 Å². The van der Waals surface area contributed by atoms with E-state index in [-0.39, 0.29) is 16.8 Å². The summed E-state index contributed by atoms with van der Waals surface area (Å²) in [5.74, 6) is -0.144. The maximum Gasteiger partial charge on any atom is 0.247 e. The van der Waals surface area contributed by atoms with Crippen molar-refractivity contribution in [2.75, 3.05) is 32.8 Å². The fourth-order valence-electron chi connectivity index (χ4n) is 3.59. The van der Waals surface area contributed by atoms with Crippen molar-refractivity contribution in [1.82, 2.24) is 9.21 Å². The Bertz CT molecular complexity index is 1100. The fraction of sp³-hybridized carbons (Fsp3) is 0.333. The molecule has 1 fully saturated rings. The van der Waals surface area contributed by atoms with Crippen molar-refractivity contribution < 1.29 is 17.9 Å². The second-order valence-electron chi connectivity index (χ2n) is 7.45. The molecular weight excluding hydrogens is 426 g/mol. The highest BCUT2D eigenvalue weighted by atomic mass is 32.2. The van der Waals surface area contributed by atoms with E-state index >= 15 is 0 Å². The first-order valence-corrected chi connectivity index (χ1v) is 12.0. The average Bonchev–Trinajstić information content (AvgIpc) is 2.84. The highest BCUT2D eigenvalue weighted by Crippen LogP contribution is 2.22. The molecule has 0 aliphatic carbocycles. The van der Waals surface area contributed by atoms with Crippen LogP contribution in [0.25, 0.3) is 6.08 Å². The van der Waals surface area contributed by atoms with Gasteiger partial charge in [0.2, 0.25) is 15.9 Å². The summed E-state index contributed by atoms with van der Waals surface area (Å²) < 4.78 is 32.1. The van der Waals surface area contributed by atoms with Gasteiger partial charge in [0.1, 0.15) is 0 Å². The Labute approximate surface area is 189 Å². The number of rotatable bonds is 7. The van der Waals surface area contributed by atoms with Crippen molar-refractivity contribution in [2.45, 2.75) is 24.8 Å².